The number of hydrogen-bond acceptors (Lipinski definition) is 10. The topological polar surface area (TPSA) is 201 Å². The smallest absolute Gasteiger partial charge is 0.296 e. The van der Waals surface area contributed by atoms with E-state index in [9.17, 15) is 25.3 Å². The Morgan fingerprint density at radius 3 is 0.902 bits per heavy atom. The first-order valence-electron chi connectivity index (χ1n) is 18.4. The molecule has 0 heterocycles. The molecule has 0 fully saturated rings. The second kappa shape index (κ2) is 25.7. The molecule has 0 aliphatic rings. The number of benzene rings is 2. The third-order valence-corrected chi connectivity index (χ3v) is 11.7. The highest BCUT2D eigenvalue weighted by Gasteiger charge is 2.25. The third-order valence-electron chi connectivity index (χ3n) is 8.11. The first-order valence-corrected chi connectivity index (χ1v) is 22.7. The van der Waals surface area contributed by atoms with Crippen molar-refractivity contribution in [3.05, 3.63) is 36.4 Å². The lowest BCUT2D eigenvalue weighted by atomic mass is 10.2. The molecular formula is C36H66N4O8S3. The van der Waals surface area contributed by atoms with E-state index in [0.29, 0.717) is 12.1 Å². The van der Waals surface area contributed by atoms with Gasteiger partial charge in [0.05, 0.1) is 21.2 Å². The lowest BCUT2D eigenvalue weighted by Crippen LogP contribution is -2.27. The predicted octanol–water partition coefficient (Wildman–Crippen LogP) is 7.55. The lowest BCUT2D eigenvalue weighted by Gasteiger charge is -2.21. The maximum absolute atomic E-state index is 12.6. The van der Waals surface area contributed by atoms with E-state index < -0.39 is 49.7 Å². The van der Waals surface area contributed by atoms with Gasteiger partial charge in [0.1, 0.15) is 9.79 Å². The number of rotatable bonds is 22. The summed E-state index contributed by atoms with van der Waals surface area (Å²) >= 11 is 0. The van der Waals surface area contributed by atoms with Crippen LogP contribution in [-0.4, -0.2) is 83.4 Å². The molecule has 0 bridgehead atoms. The normalized spacial score (nSPS) is 12.0. The average Bonchev–Trinajstić information content (AvgIpc) is 3.07. The van der Waals surface area contributed by atoms with Gasteiger partial charge in [-0.15, -0.1) is 0 Å². The minimum absolute atomic E-state index is 0.377. The number of nitrogen functional groups attached to an aromatic ring is 2. The van der Waals surface area contributed by atoms with Crippen LogP contribution in [0.1, 0.15) is 119 Å². The fraction of sp³-hybridized carbons (Fsp3) is 0.667. The predicted molar refractivity (Wildman–Crippen MR) is 209 cm³/mol. The standard InChI is InChI=1S/C12H12N2O8S3.2C12H27N/c13-9-3-1-7(5-11(9)24(17,18)19)23(15,16)8-2-4-10(14)12(6-8)25(20,21)22;2*1-4-7-10-13(11-8-5-2)12-9-6-3/h1-6H,13-14H2,(H,17,18,19)(H,20,21,22);2*4-12H2,1-3H3. The molecule has 0 atom stereocenters. The van der Waals surface area contributed by atoms with E-state index in [-0.39, 0.29) is 11.4 Å². The molecule has 0 saturated heterocycles. The summed E-state index contributed by atoms with van der Waals surface area (Å²) < 4.78 is 88.3. The SMILES string of the molecule is CCCCN(CCCC)CCCC.CCCCN(CCCC)CCCC.Nc1ccc(S(=O)(=O)c2ccc(N)c(S(=O)(=O)O)c2)cc1S(=O)(=O)O. The maximum atomic E-state index is 12.6. The van der Waals surface area contributed by atoms with Gasteiger partial charge >= 0.3 is 0 Å². The number of sulfone groups is 1. The third kappa shape index (κ3) is 19.4. The zero-order valence-electron chi connectivity index (χ0n) is 31.8. The zero-order chi connectivity index (χ0) is 39.1. The Kier molecular flexibility index (Phi) is 24.5. The van der Waals surface area contributed by atoms with Gasteiger partial charge in [0.2, 0.25) is 9.84 Å². The van der Waals surface area contributed by atoms with Gasteiger partial charge in [0.25, 0.3) is 20.2 Å². The van der Waals surface area contributed by atoms with E-state index in [4.69, 9.17) is 20.6 Å². The largest absolute Gasteiger partial charge is 0.398 e. The summed E-state index contributed by atoms with van der Waals surface area (Å²) in [5, 5.41) is 0. The summed E-state index contributed by atoms with van der Waals surface area (Å²) in [5.74, 6) is 0. The first kappa shape index (κ1) is 48.7. The zero-order valence-corrected chi connectivity index (χ0v) is 34.3. The average molecular weight is 779 g/mol. The Balaban J connectivity index is 0.000000816. The van der Waals surface area contributed by atoms with Crippen molar-refractivity contribution in [3.8, 4) is 0 Å². The van der Waals surface area contributed by atoms with Crippen LogP contribution in [-0.2, 0) is 30.1 Å². The number of nitrogens with two attached hydrogens (primary N) is 2. The monoisotopic (exact) mass is 778 g/mol. The molecule has 0 amide bonds. The van der Waals surface area contributed by atoms with Crippen LogP contribution in [0.4, 0.5) is 11.4 Å². The number of anilines is 2. The lowest BCUT2D eigenvalue weighted by molar-refractivity contribution is 0.261. The van der Waals surface area contributed by atoms with Crippen molar-refractivity contribution in [1.82, 2.24) is 9.80 Å². The summed E-state index contributed by atoms with van der Waals surface area (Å²) in [4.78, 5) is 2.49. The molecule has 6 N–H and O–H groups in total. The van der Waals surface area contributed by atoms with Gasteiger partial charge in [0, 0.05) is 0 Å². The van der Waals surface area contributed by atoms with E-state index in [1.165, 1.54) is 116 Å². The molecule has 0 saturated carbocycles. The van der Waals surface area contributed by atoms with Crippen molar-refractivity contribution in [2.45, 2.75) is 138 Å². The molecular weight excluding hydrogens is 713 g/mol. The molecule has 0 aromatic heterocycles. The Labute approximate surface area is 309 Å². The molecule has 2 aromatic rings. The second-order valence-electron chi connectivity index (χ2n) is 12.7. The van der Waals surface area contributed by atoms with E-state index in [1.807, 2.05) is 0 Å². The molecule has 12 nitrogen and oxygen atoms in total. The quantitative estimate of drug-likeness (QED) is 0.0676. The van der Waals surface area contributed by atoms with E-state index in [0.717, 1.165) is 24.3 Å². The maximum Gasteiger partial charge on any atom is 0.296 e. The van der Waals surface area contributed by atoms with Crippen LogP contribution in [0, 0.1) is 0 Å². The Morgan fingerprint density at radius 1 is 0.471 bits per heavy atom. The summed E-state index contributed by atoms with van der Waals surface area (Å²) in [7, 11) is -14.0. The van der Waals surface area contributed by atoms with Crippen LogP contribution in [0.2, 0.25) is 0 Å². The first-order chi connectivity index (χ1) is 23.9. The molecule has 51 heavy (non-hydrogen) atoms. The van der Waals surface area contributed by atoms with Crippen LogP contribution in [0.15, 0.2) is 56.0 Å². The van der Waals surface area contributed by atoms with E-state index in [2.05, 4.69) is 51.3 Å². The molecule has 0 spiro atoms. The van der Waals surface area contributed by atoms with Crippen LogP contribution in [0.5, 0.6) is 0 Å². The Hall–Kier alpha value is -2.27. The number of hydrogen-bond donors (Lipinski definition) is 4. The molecule has 0 aliphatic heterocycles. The molecule has 0 aliphatic carbocycles. The van der Waals surface area contributed by atoms with Crippen molar-refractivity contribution >= 4 is 41.4 Å². The van der Waals surface area contributed by atoms with Crippen molar-refractivity contribution in [2.24, 2.45) is 0 Å². The molecule has 0 unspecified atom stereocenters. The van der Waals surface area contributed by atoms with Crippen molar-refractivity contribution in [2.75, 3.05) is 50.7 Å². The van der Waals surface area contributed by atoms with Gasteiger partial charge in [-0.3, -0.25) is 9.11 Å². The number of unbranched alkanes of at least 4 members (excludes halogenated alkanes) is 6. The highest BCUT2D eigenvalue weighted by Crippen LogP contribution is 2.29. The van der Waals surface area contributed by atoms with Crippen molar-refractivity contribution in [1.29, 1.82) is 0 Å². The molecule has 0 radical (unpaired) electrons. The molecule has 296 valence electrons. The van der Waals surface area contributed by atoms with Gasteiger partial charge in [-0.25, -0.2) is 8.42 Å². The van der Waals surface area contributed by atoms with Gasteiger partial charge in [-0.05, 0) is 114 Å². The summed E-state index contributed by atoms with van der Waals surface area (Å²) in [6.45, 7) is 21.5. The van der Waals surface area contributed by atoms with Crippen LogP contribution < -0.4 is 11.5 Å². The fourth-order valence-electron chi connectivity index (χ4n) is 4.91. The van der Waals surface area contributed by atoms with Crippen molar-refractivity contribution in [3.63, 3.8) is 0 Å². The highest BCUT2D eigenvalue weighted by molar-refractivity contribution is 7.91. The summed E-state index contributed by atoms with van der Waals surface area (Å²) in [6, 6.07) is 5.12. The molecule has 15 heteroatoms. The van der Waals surface area contributed by atoms with Crippen LogP contribution in [0.25, 0.3) is 0 Å². The minimum Gasteiger partial charge on any atom is -0.398 e. The Bertz CT molecular complexity index is 1440. The van der Waals surface area contributed by atoms with Gasteiger partial charge in [0.15, 0.2) is 0 Å². The van der Waals surface area contributed by atoms with E-state index in [1.54, 1.807) is 0 Å². The second-order valence-corrected chi connectivity index (χ2v) is 17.4. The fourth-order valence-corrected chi connectivity index (χ4v) is 7.65. The van der Waals surface area contributed by atoms with Gasteiger partial charge in [-0.2, -0.15) is 16.8 Å². The van der Waals surface area contributed by atoms with E-state index >= 15 is 0 Å². The summed E-state index contributed by atoms with van der Waals surface area (Å²) in [5.41, 5.74) is 10.0. The molecule has 2 aromatic carbocycles. The van der Waals surface area contributed by atoms with Gasteiger partial charge < -0.3 is 21.3 Å². The van der Waals surface area contributed by atoms with Crippen LogP contribution >= 0.6 is 0 Å². The number of nitrogens with zero attached hydrogens (tertiary/aromatic N) is 2. The van der Waals surface area contributed by atoms with Crippen LogP contribution in [0.3, 0.4) is 0 Å². The Morgan fingerprint density at radius 2 is 0.706 bits per heavy atom. The van der Waals surface area contributed by atoms with Crippen molar-refractivity contribution < 1.29 is 34.4 Å². The minimum atomic E-state index is -4.78. The highest BCUT2D eigenvalue weighted by atomic mass is 32.2. The van der Waals surface area contributed by atoms with Gasteiger partial charge in [-0.1, -0.05) is 80.1 Å². The summed E-state index contributed by atoms with van der Waals surface area (Å²) in [6.07, 6.45) is 16.2. The molecule has 2 rings (SSSR count).